The molecule has 20 heavy (non-hydrogen) atoms. The second-order valence-corrected chi connectivity index (χ2v) is 4.75. The van der Waals surface area contributed by atoms with Gasteiger partial charge in [0, 0.05) is 27.9 Å². The maximum Gasteiger partial charge on any atom is 0.270 e. The molecule has 0 aliphatic rings. The summed E-state index contributed by atoms with van der Waals surface area (Å²) in [6.45, 7) is 0. The first-order valence-corrected chi connectivity index (χ1v) is 6.17. The molecule has 100 valence electrons. The van der Waals surface area contributed by atoms with Gasteiger partial charge in [-0.1, -0.05) is 23.2 Å². The van der Waals surface area contributed by atoms with Crippen LogP contribution in [0.15, 0.2) is 36.4 Å². The number of halogens is 2. The summed E-state index contributed by atoms with van der Waals surface area (Å²) in [5, 5.41) is 23.6. The van der Waals surface area contributed by atoms with Crippen LogP contribution in [-0.4, -0.2) is 4.92 Å². The van der Waals surface area contributed by atoms with Crippen LogP contribution in [0.25, 0.3) is 0 Å². The van der Waals surface area contributed by atoms with Gasteiger partial charge in [-0.05, 0) is 24.3 Å². The Morgan fingerprint density at radius 2 is 1.80 bits per heavy atom. The Bertz CT molecular complexity index is 706. The van der Waals surface area contributed by atoms with Gasteiger partial charge in [-0.3, -0.25) is 10.1 Å². The lowest BCUT2D eigenvalue weighted by Gasteiger charge is -2.09. The first-order valence-electron chi connectivity index (χ1n) is 5.41. The van der Waals surface area contributed by atoms with Crippen LogP contribution in [0.3, 0.4) is 0 Å². The third-order valence-electron chi connectivity index (χ3n) is 2.48. The molecule has 2 aromatic carbocycles. The largest absolute Gasteiger partial charge is 0.354 e. The van der Waals surface area contributed by atoms with Crippen molar-refractivity contribution in [3.8, 4) is 6.07 Å². The maximum atomic E-state index is 10.7. The number of nitrogens with one attached hydrogen (secondary N) is 1. The van der Waals surface area contributed by atoms with Gasteiger partial charge in [-0.2, -0.15) is 5.26 Å². The van der Waals surface area contributed by atoms with Crippen molar-refractivity contribution < 1.29 is 4.92 Å². The molecule has 0 saturated carbocycles. The molecule has 2 aromatic rings. The first-order chi connectivity index (χ1) is 9.49. The van der Waals surface area contributed by atoms with E-state index in [0.717, 1.165) is 0 Å². The predicted molar refractivity (Wildman–Crippen MR) is 77.6 cm³/mol. The van der Waals surface area contributed by atoms with Gasteiger partial charge in [-0.15, -0.1) is 0 Å². The Morgan fingerprint density at radius 1 is 1.15 bits per heavy atom. The van der Waals surface area contributed by atoms with E-state index in [1.807, 2.05) is 6.07 Å². The number of nitrogens with zero attached hydrogens (tertiary/aromatic N) is 2. The molecule has 0 aromatic heterocycles. The van der Waals surface area contributed by atoms with Crippen LogP contribution in [0.5, 0.6) is 0 Å². The van der Waals surface area contributed by atoms with Crippen molar-refractivity contribution in [3.05, 3.63) is 62.1 Å². The standard InChI is InChI=1S/C13H7Cl2N3O2/c14-9-4-10(15)6-11(5-9)17-13-2-1-12(18(19)20)3-8(13)7-16/h1-6,17H. The molecule has 0 aliphatic heterocycles. The summed E-state index contributed by atoms with van der Waals surface area (Å²) in [6, 6.07) is 10.7. The Labute approximate surface area is 124 Å². The fraction of sp³-hybridized carbons (Fsp3) is 0. The molecular formula is C13H7Cl2N3O2. The Kier molecular flexibility index (Phi) is 4.08. The van der Waals surface area contributed by atoms with Gasteiger partial charge in [0.05, 0.1) is 16.2 Å². The minimum absolute atomic E-state index is 0.142. The van der Waals surface area contributed by atoms with Crippen LogP contribution in [0.2, 0.25) is 10.0 Å². The lowest BCUT2D eigenvalue weighted by Crippen LogP contribution is -1.96. The number of nitriles is 1. The number of non-ortho nitro benzene ring substituents is 1. The van der Waals surface area contributed by atoms with E-state index < -0.39 is 4.92 Å². The van der Waals surface area contributed by atoms with E-state index in [-0.39, 0.29) is 11.3 Å². The number of nitro benzene ring substituents is 1. The number of hydrogen-bond acceptors (Lipinski definition) is 4. The quantitative estimate of drug-likeness (QED) is 0.668. The number of anilines is 2. The zero-order valence-corrected chi connectivity index (χ0v) is 11.4. The van der Waals surface area contributed by atoms with E-state index in [1.54, 1.807) is 18.2 Å². The third-order valence-corrected chi connectivity index (χ3v) is 2.91. The highest BCUT2D eigenvalue weighted by Gasteiger charge is 2.11. The average Bonchev–Trinajstić information content (AvgIpc) is 2.37. The molecule has 0 spiro atoms. The number of hydrogen-bond donors (Lipinski definition) is 1. The highest BCUT2D eigenvalue weighted by atomic mass is 35.5. The molecule has 0 saturated heterocycles. The molecule has 7 heteroatoms. The lowest BCUT2D eigenvalue weighted by atomic mass is 10.1. The molecule has 0 atom stereocenters. The molecule has 2 rings (SSSR count). The molecule has 0 unspecified atom stereocenters. The van der Waals surface area contributed by atoms with Gasteiger partial charge < -0.3 is 5.32 Å². The van der Waals surface area contributed by atoms with E-state index in [2.05, 4.69) is 5.32 Å². The lowest BCUT2D eigenvalue weighted by molar-refractivity contribution is -0.384. The normalized spacial score (nSPS) is 9.85. The van der Waals surface area contributed by atoms with Crippen molar-refractivity contribution in [3.63, 3.8) is 0 Å². The summed E-state index contributed by atoms with van der Waals surface area (Å²) >= 11 is 11.8. The molecular weight excluding hydrogens is 301 g/mol. The van der Waals surface area contributed by atoms with Crippen LogP contribution in [0.4, 0.5) is 17.1 Å². The first kappa shape index (κ1) is 14.1. The number of rotatable bonds is 3. The molecule has 1 N–H and O–H groups in total. The SMILES string of the molecule is N#Cc1cc([N+](=O)[O-])ccc1Nc1cc(Cl)cc(Cl)c1. The summed E-state index contributed by atoms with van der Waals surface area (Å²) < 4.78 is 0. The Morgan fingerprint density at radius 3 is 2.35 bits per heavy atom. The maximum absolute atomic E-state index is 10.7. The fourth-order valence-electron chi connectivity index (χ4n) is 1.63. The van der Waals surface area contributed by atoms with Crippen LogP contribution in [0.1, 0.15) is 5.56 Å². The van der Waals surface area contributed by atoms with Crippen molar-refractivity contribution in [2.75, 3.05) is 5.32 Å². The summed E-state index contributed by atoms with van der Waals surface area (Å²) in [4.78, 5) is 10.1. The molecule has 0 amide bonds. The van der Waals surface area contributed by atoms with Crippen molar-refractivity contribution in [1.29, 1.82) is 5.26 Å². The smallest absolute Gasteiger partial charge is 0.270 e. The minimum atomic E-state index is -0.555. The van der Waals surface area contributed by atoms with Gasteiger partial charge in [0.2, 0.25) is 0 Å². The van der Waals surface area contributed by atoms with E-state index in [1.165, 1.54) is 18.2 Å². The second-order valence-electron chi connectivity index (χ2n) is 3.88. The Hall–Kier alpha value is -2.29. The van der Waals surface area contributed by atoms with Crippen molar-refractivity contribution in [2.45, 2.75) is 0 Å². The van der Waals surface area contributed by atoms with Crippen LogP contribution < -0.4 is 5.32 Å². The summed E-state index contributed by atoms with van der Waals surface area (Å²) in [5.41, 5.74) is 1.05. The molecule has 0 bridgehead atoms. The summed E-state index contributed by atoms with van der Waals surface area (Å²) in [5.74, 6) is 0. The van der Waals surface area contributed by atoms with Crippen LogP contribution in [0, 0.1) is 21.4 Å². The van der Waals surface area contributed by atoms with Gasteiger partial charge in [0.1, 0.15) is 6.07 Å². The molecule has 5 nitrogen and oxygen atoms in total. The zero-order chi connectivity index (χ0) is 14.7. The van der Waals surface area contributed by atoms with Gasteiger partial charge in [0.15, 0.2) is 0 Å². The van der Waals surface area contributed by atoms with Gasteiger partial charge in [-0.25, -0.2) is 0 Å². The van der Waals surface area contributed by atoms with Crippen LogP contribution in [-0.2, 0) is 0 Å². The zero-order valence-electron chi connectivity index (χ0n) is 9.93. The molecule has 0 aliphatic carbocycles. The average molecular weight is 308 g/mol. The van der Waals surface area contributed by atoms with Gasteiger partial charge in [0.25, 0.3) is 5.69 Å². The number of nitro groups is 1. The van der Waals surface area contributed by atoms with E-state index in [4.69, 9.17) is 28.5 Å². The third kappa shape index (κ3) is 3.18. The van der Waals surface area contributed by atoms with Crippen LogP contribution >= 0.6 is 23.2 Å². The van der Waals surface area contributed by atoms with Crippen molar-refractivity contribution in [1.82, 2.24) is 0 Å². The second kappa shape index (κ2) is 5.78. The summed E-state index contributed by atoms with van der Waals surface area (Å²) in [7, 11) is 0. The highest BCUT2D eigenvalue weighted by molar-refractivity contribution is 6.35. The fourth-order valence-corrected chi connectivity index (χ4v) is 2.15. The molecule has 0 fully saturated rings. The monoisotopic (exact) mass is 307 g/mol. The van der Waals surface area contributed by atoms with Gasteiger partial charge >= 0.3 is 0 Å². The molecule has 0 radical (unpaired) electrons. The Balaban J connectivity index is 2.38. The van der Waals surface area contributed by atoms with E-state index in [0.29, 0.717) is 21.4 Å². The topological polar surface area (TPSA) is 79.0 Å². The number of benzene rings is 2. The minimum Gasteiger partial charge on any atom is -0.354 e. The van der Waals surface area contributed by atoms with Crippen molar-refractivity contribution in [2.24, 2.45) is 0 Å². The van der Waals surface area contributed by atoms with E-state index >= 15 is 0 Å². The van der Waals surface area contributed by atoms with E-state index in [9.17, 15) is 10.1 Å². The van der Waals surface area contributed by atoms with Crippen molar-refractivity contribution >= 4 is 40.3 Å². The predicted octanol–water partition coefficient (Wildman–Crippen LogP) is 4.52. The highest BCUT2D eigenvalue weighted by Crippen LogP contribution is 2.28. The summed E-state index contributed by atoms with van der Waals surface area (Å²) in [6.07, 6.45) is 0. The molecule has 0 heterocycles.